The molecule has 1 atom stereocenters. The van der Waals surface area contributed by atoms with Crippen molar-refractivity contribution in [3.63, 3.8) is 0 Å². The van der Waals surface area contributed by atoms with Crippen molar-refractivity contribution in [2.24, 2.45) is 0 Å². The molecule has 0 bridgehead atoms. The van der Waals surface area contributed by atoms with Gasteiger partial charge in [0.05, 0.1) is 18.2 Å². The van der Waals surface area contributed by atoms with Crippen molar-refractivity contribution in [1.82, 2.24) is 4.90 Å². The van der Waals surface area contributed by atoms with Crippen molar-refractivity contribution in [3.8, 4) is 5.75 Å². The number of carbonyl (C=O) groups excluding carboxylic acids is 3. The number of anilines is 1. The van der Waals surface area contributed by atoms with Crippen LogP contribution in [0.1, 0.15) is 26.3 Å². The zero-order valence-corrected chi connectivity index (χ0v) is 16.4. The summed E-state index contributed by atoms with van der Waals surface area (Å²) in [6.07, 6.45) is 0.217. The van der Waals surface area contributed by atoms with Crippen LogP contribution >= 0.6 is 0 Å². The van der Waals surface area contributed by atoms with E-state index in [1.807, 2.05) is 30.3 Å². The second-order valence-corrected chi connectivity index (χ2v) is 6.95. The summed E-state index contributed by atoms with van der Waals surface area (Å²) < 4.78 is 5.14. The summed E-state index contributed by atoms with van der Waals surface area (Å²) in [6.45, 7) is 0. The van der Waals surface area contributed by atoms with E-state index in [0.29, 0.717) is 22.6 Å². The van der Waals surface area contributed by atoms with Gasteiger partial charge in [-0.15, -0.1) is 0 Å². The first-order valence-electron chi connectivity index (χ1n) is 9.54. The van der Waals surface area contributed by atoms with E-state index in [0.717, 1.165) is 10.5 Å². The molecule has 3 aromatic carbocycles. The molecule has 30 heavy (non-hydrogen) atoms. The van der Waals surface area contributed by atoms with E-state index >= 15 is 0 Å². The Bertz CT molecular complexity index is 1060. The molecular weight excluding hydrogens is 380 g/mol. The topological polar surface area (TPSA) is 75.7 Å². The molecule has 1 aliphatic rings. The highest BCUT2D eigenvalue weighted by Gasteiger charge is 2.42. The van der Waals surface area contributed by atoms with E-state index < -0.39 is 23.8 Å². The van der Waals surface area contributed by atoms with Crippen LogP contribution in [0, 0.1) is 0 Å². The molecule has 0 aromatic heterocycles. The van der Waals surface area contributed by atoms with Crippen molar-refractivity contribution in [1.29, 1.82) is 0 Å². The van der Waals surface area contributed by atoms with Crippen LogP contribution < -0.4 is 10.1 Å². The van der Waals surface area contributed by atoms with Gasteiger partial charge in [0.2, 0.25) is 5.91 Å². The van der Waals surface area contributed by atoms with Crippen molar-refractivity contribution in [2.75, 3.05) is 12.4 Å². The van der Waals surface area contributed by atoms with Gasteiger partial charge < -0.3 is 10.1 Å². The van der Waals surface area contributed by atoms with Gasteiger partial charge in [0, 0.05) is 12.1 Å². The number of carbonyl (C=O) groups is 3. The number of rotatable bonds is 6. The largest absolute Gasteiger partial charge is 0.497 e. The van der Waals surface area contributed by atoms with E-state index in [1.165, 1.54) is 0 Å². The first-order chi connectivity index (χ1) is 14.6. The smallest absolute Gasteiger partial charge is 0.262 e. The predicted molar refractivity (Wildman–Crippen MR) is 112 cm³/mol. The zero-order valence-electron chi connectivity index (χ0n) is 16.4. The lowest BCUT2D eigenvalue weighted by Gasteiger charge is -2.25. The highest BCUT2D eigenvalue weighted by molar-refractivity contribution is 6.23. The van der Waals surface area contributed by atoms with Gasteiger partial charge in [0.15, 0.2) is 0 Å². The quantitative estimate of drug-likeness (QED) is 0.642. The number of methoxy groups -OCH3 is 1. The van der Waals surface area contributed by atoms with Crippen molar-refractivity contribution in [2.45, 2.75) is 12.5 Å². The van der Waals surface area contributed by atoms with Crippen LogP contribution in [0.5, 0.6) is 5.75 Å². The zero-order chi connectivity index (χ0) is 21.1. The fourth-order valence-corrected chi connectivity index (χ4v) is 3.53. The van der Waals surface area contributed by atoms with Gasteiger partial charge in [0.25, 0.3) is 11.8 Å². The molecule has 0 spiro atoms. The molecule has 1 aliphatic heterocycles. The maximum atomic E-state index is 13.2. The van der Waals surface area contributed by atoms with Crippen LogP contribution in [0.4, 0.5) is 5.69 Å². The molecule has 3 amide bonds. The Morgan fingerprint density at radius 1 is 0.867 bits per heavy atom. The number of hydrogen-bond donors (Lipinski definition) is 1. The molecule has 6 nitrogen and oxygen atoms in total. The molecule has 0 aliphatic carbocycles. The Balaban J connectivity index is 1.65. The fourth-order valence-electron chi connectivity index (χ4n) is 3.53. The molecular formula is C24H20N2O4. The molecule has 1 heterocycles. The van der Waals surface area contributed by atoms with Crippen LogP contribution in [0.15, 0.2) is 78.9 Å². The maximum absolute atomic E-state index is 13.2. The molecule has 6 heteroatoms. The minimum Gasteiger partial charge on any atom is -0.497 e. The molecule has 0 radical (unpaired) electrons. The average Bonchev–Trinajstić information content (AvgIpc) is 3.03. The average molecular weight is 400 g/mol. The molecule has 0 fully saturated rings. The molecule has 0 saturated carbocycles. The summed E-state index contributed by atoms with van der Waals surface area (Å²) in [5, 5.41) is 2.82. The molecule has 3 aromatic rings. The van der Waals surface area contributed by atoms with Crippen LogP contribution in [0.25, 0.3) is 0 Å². The van der Waals surface area contributed by atoms with Crippen molar-refractivity contribution in [3.05, 3.63) is 95.6 Å². The lowest BCUT2D eigenvalue weighted by atomic mass is 10.0. The standard InChI is InChI=1S/C24H20N2O4/c1-30-18-13-11-17(12-14-18)25-22(27)21(15-16-7-3-2-4-8-16)26-23(28)19-9-5-6-10-20(19)24(26)29/h2-14,21H,15H2,1H3,(H,25,27). The van der Waals surface area contributed by atoms with Gasteiger partial charge in [-0.05, 0) is 42.0 Å². The van der Waals surface area contributed by atoms with E-state index in [-0.39, 0.29) is 6.42 Å². The second kappa shape index (κ2) is 8.21. The minimum absolute atomic E-state index is 0.217. The summed E-state index contributed by atoms with van der Waals surface area (Å²) in [7, 11) is 1.56. The molecule has 4 rings (SSSR count). The van der Waals surface area contributed by atoms with Gasteiger partial charge in [-0.3, -0.25) is 19.3 Å². The highest BCUT2D eigenvalue weighted by atomic mass is 16.5. The van der Waals surface area contributed by atoms with Crippen LogP contribution in [0.3, 0.4) is 0 Å². The summed E-state index contributed by atoms with van der Waals surface area (Å²) >= 11 is 0. The van der Waals surface area contributed by atoms with E-state index in [9.17, 15) is 14.4 Å². The number of amides is 3. The summed E-state index contributed by atoms with van der Waals surface area (Å²) in [6, 6.07) is 21.8. The van der Waals surface area contributed by atoms with Gasteiger partial charge in [-0.25, -0.2) is 0 Å². The third kappa shape index (κ3) is 3.67. The normalized spacial score (nSPS) is 13.7. The highest BCUT2D eigenvalue weighted by Crippen LogP contribution is 2.27. The fraction of sp³-hybridized carbons (Fsp3) is 0.125. The van der Waals surface area contributed by atoms with Crippen molar-refractivity contribution < 1.29 is 19.1 Å². The molecule has 1 unspecified atom stereocenters. The number of hydrogen-bond acceptors (Lipinski definition) is 4. The number of imide groups is 1. The third-order valence-corrected chi connectivity index (χ3v) is 5.07. The summed E-state index contributed by atoms with van der Waals surface area (Å²) in [5.41, 5.74) is 2.04. The van der Waals surface area contributed by atoms with Gasteiger partial charge in [-0.1, -0.05) is 42.5 Å². The lowest BCUT2D eigenvalue weighted by molar-refractivity contribution is -0.119. The van der Waals surface area contributed by atoms with Crippen LogP contribution in [-0.2, 0) is 11.2 Å². The van der Waals surface area contributed by atoms with Crippen LogP contribution in [0.2, 0.25) is 0 Å². The number of ether oxygens (including phenoxy) is 1. The number of nitrogens with zero attached hydrogens (tertiary/aromatic N) is 1. The van der Waals surface area contributed by atoms with Gasteiger partial charge in [0.1, 0.15) is 11.8 Å². The van der Waals surface area contributed by atoms with E-state index in [1.54, 1.807) is 55.6 Å². The van der Waals surface area contributed by atoms with Crippen LogP contribution in [-0.4, -0.2) is 35.8 Å². The van der Waals surface area contributed by atoms with E-state index in [4.69, 9.17) is 4.74 Å². The Hall–Kier alpha value is -3.93. The lowest BCUT2D eigenvalue weighted by Crippen LogP contribution is -2.48. The third-order valence-electron chi connectivity index (χ3n) is 5.07. The molecule has 1 N–H and O–H groups in total. The Morgan fingerprint density at radius 3 is 2.00 bits per heavy atom. The maximum Gasteiger partial charge on any atom is 0.262 e. The first kappa shape index (κ1) is 19.4. The monoisotopic (exact) mass is 400 g/mol. The van der Waals surface area contributed by atoms with Gasteiger partial charge in [-0.2, -0.15) is 0 Å². The Kier molecular flexibility index (Phi) is 5.30. The predicted octanol–water partition coefficient (Wildman–Crippen LogP) is 3.54. The van der Waals surface area contributed by atoms with E-state index in [2.05, 4.69) is 5.32 Å². The molecule has 150 valence electrons. The number of fused-ring (bicyclic) bond motifs is 1. The second-order valence-electron chi connectivity index (χ2n) is 6.95. The Morgan fingerprint density at radius 2 is 1.43 bits per heavy atom. The SMILES string of the molecule is COc1ccc(NC(=O)C(Cc2ccccc2)N2C(=O)c3ccccc3C2=O)cc1. The number of nitrogens with one attached hydrogen (secondary N) is 1. The minimum atomic E-state index is -0.984. The Labute approximate surface area is 174 Å². The summed E-state index contributed by atoms with van der Waals surface area (Å²) in [5.74, 6) is -0.685. The number of benzene rings is 3. The molecule has 0 saturated heterocycles. The van der Waals surface area contributed by atoms with Gasteiger partial charge >= 0.3 is 0 Å². The first-order valence-corrected chi connectivity index (χ1v) is 9.54. The van der Waals surface area contributed by atoms with Crippen molar-refractivity contribution >= 4 is 23.4 Å². The summed E-state index contributed by atoms with van der Waals surface area (Å²) in [4.78, 5) is 40.3.